The van der Waals surface area contributed by atoms with E-state index in [4.69, 9.17) is 0 Å². The lowest BCUT2D eigenvalue weighted by atomic mass is 9.95. The van der Waals surface area contributed by atoms with Gasteiger partial charge in [0.1, 0.15) is 0 Å². The molecule has 0 bridgehead atoms. The molecule has 1 atom stereocenters. The highest BCUT2D eigenvalue weighted by Crippen LogP contribution is 2.28. The van der Waals surface area contributed by atoms with Gasteiger partial charge in [0.2, 0.25) is 12.3 Å². The molecule has 2 nitrogen and oxygen atoms in total. The molecule has 1 aliphatic heterocycles. The van der Waals surface area contributed by atoms with Crippen molar-refractivity contribution in [1.29, 1.82) is 0 Å². The Bertz CT molecular complexity index is 463. The largest absolute Gasteiger partial charge is 0.342 e. The monoisotopic (exact) mass is 279 g/mol. The van der Waals surface area contributed by atoms with Gasteiger partial charge >= 0.3 is 0 Å². The van der Waals surface area contributed by atoms with Crippen LogP contribution in [0.3, 0.4) is 0 Å². The lowest BCUT2D eigenvalue weighted by molar-refractivity contribution is -0.133. The van der Waals surface area contributed by atoms with E-state index in [1.165, 1.54) is 0 Å². The third kappa shape index (κ3) is 3.65. The minimum Gasteiger partial charge on any atom is -0.342 e. The molecule has 0 radical (unpaired) electrons. The van der Waals surface area contributed by atoms with E-state index in [1.54, 1.807) is 35.2 Å². The van der Waals surface area contributed by atoms with E-state index in [0.717, 1.165) is 18.4 Å². The van der Waals surface area contributed by atoms with Crippen LogP contribution in [0.1, 0.15) is 30.7 Å². The van der Waals surface area contributed by atoms with E-state index >= 15 is 0 Å². The second kappa shape index (κ2) is 6.64. The average Bonchev–Trinajstić information content (AvgIpc) is 2.46. The van der Waals surface area contributed by atoms with Gasteiger partial charge in [-0.15, -0.1) is 0 Å². The number of hydrogen-bond donors (Lipinski definition) is 0. The van der Waals surface area contributed by atoms with Crippen LogP contribution in [0.25, 0.3) is 0 Å². The summed E-state index contributed by atoms with van der Waals surface area (Å²) < 4.78 is 26.4. The molecule has 4 heteroatoms. The van der Waals surface area contributed by atoms with Crippen LogP contribution < -0.4 is 0 Å². The van der Waals surface area contributed by atoms with Crippen LogP contribution in [-0.2, 0) is 4.79 Å². The lowest BCUT2D eigenvalue weighted by Gasteiger charge is -2.29. The Morgan fingerprint density at radius 3 is 2.35 bits per heavy atom. The summed E-state index contributed by atoms with van der Waals surface area (Å²) in [7, 11) is 0. The van der Waals surface area contributed by atoms with Crippen molar-refractivity contribution in [2.75, 3.05) is 13.1 Å². The fourth-order valence-electron chi connectivity index (χ4n) is 2.44. The Kier molecular flexibility index (Phi) is 4.88. The van der Waals surface area contributed by atoms with Crippen LogP contribution in [0.2, 0.25) is 0 Å². The van der Waals surface area contributed by atoms with Gasteiger partial charge in [0, 0.05) is 19.5 Å². The summed E-state index contributed by atoms with van der Waals surface area (Å²) >= 11 is 0. The van der Waals surface area contributed by atoms with E-state index in [9.17, 15) is 13.6 Å². The molecule has 0 saturated carbocycles. The Labute approximate surface area is 118 Å². The number of hydrogen-bond acceptors (Lipinski definition) is 1. The van der Waals surface area contributed by atoms with Gasteiger partial charge in [0.05, 0.1) is 5.92 Å². The van der Waals surface area contributed by atoms with E-state index in [0.29, 0.717) is 18.7 Å². The number of amides is 1. The van der Waals surface area contributed by atoms with E-state index in [1.807, 2.05) is 0 Å². The fraction of sp³-hybridized carbons (Fsp3) is 0.438. The number of alkyl halides is 2. The van der Waals surface area contributed by atoms with E-state index in [2.05, 4.69) is 6.58 Å². The van der Waals surface area contributed by atoms with Gasteiger partial charge in [-0.05, 0) is 18.4 Å². The van der Waals surface area contributed by atoms with Crippen molar-refractivity contribution in [2.45, 2.75) is 31.6 Å². The van der Waals surface area contributed by atoms with Crippen LogP contribution >= 0.6 is 0 Å². The number of halogens is 2. The number of carbonyl (C=O) groups excluding carboxylic acids is 1. The molecule has 1 aromatic rings. The van der Waals surface area contributed by atoms with Crippen LogP contribution in [0, 0.1) is 0 Å². The molecule has 0 spiro atoms. The molecule has 1 unspecified atom stereocenters. The molecule has 1 aliphatic rings. The van der Waals surface area contributed by atoms with Gasteiger partial charge < -0.3 is 4.90 Å². The molecule has 1 aromatic carbocycles. The van der Waals surface area contributed by atoms with Gasteiger partial charge in [-0.1, -0.05) is 42.5 Å². The summed E-state index contributed by atoms with van der Waals surface area (Å²) in [6.07, 6.45) is -1.11. The summed E-state index contributed by atoms with van der Waals surface area (Å²) in [5, 5.41) is 0. The first-order valence-corrected chi connectivity index (χ1v) is 6.85. The maximum absolute atomic E-state index is 13.2. The molecule has 2 rings (SSSR count). The topological polar surface area (TPSA) is 20.3 Å². The van der Waals surface area contributed by atoms with Crippen molar-refractivity contribution in [3.8, 4) is 0 Å². The summed E-state index contributed by atoms with van der Waals surface area (Å²) in [6.45, 7) is 5.09. The quantitative estimate of drug-likeness (QED) is 0.771. The first kappa shape index (κ1) is 14.7. The molecule has 0 aromatic heterocycles. The summed E-state index contributed by atoms with van der Waals surface area (Å²) in [4.78, 5) is 13.8. The van der Waals surface area contributed by atoms with Crippen LogP contribution in [0.15, 0.2) is 42.5 Å². The standard InChI is InChI=1S/C16H19F2NO/c1-12-7-9-19(10-8-12)15(20)11-14(16(17)18)13-5-3-2-4-6-13/h2-6,14,16H,1,7-11H2. The van der Waals surface area contributed by atoms with Gasteiger partial charge in [-0.2, -0.15) is 0 Å². The summed E-state index contributed by atoms with van der Waals surface area (Å²) in [5.41, 5.74) is 1.65. The van der Waals surface area contributed by atoms with E-state index < -0.39 is 12.3 Å². The molecular weight excluding hydrogens is 260 g/mol. The zero-order valence-electron chi connectivity index (χ0n) is 11.4. The van der Waals surface area contributed by atoms with Gasteiger partial charge in [-0.25, -0.2) is 8.78 Å². The molecule has 0 aliphatic carbocycles. The minimum absolute atomic E-state index is 0.131. The van der Waals surface area contributed by atoms with Crippen LogP contribution in [-0.4, -0.2) is 30.3 Å². The second-order valence-corrected chi connectivity index (χ2v) is 5.19. The van der Waals surface area contributed by atoms with Crippen molar-refractivity contribution in [3.05, 3.63) is 48.0 Å². The predicted molar refractivity (Wildman–Crippen MR) is 74.8 cm³/mol. The van der Waals surface area contributed by atoms with Crippen molar-refractivity contribution in [2.24, 2.45) is 0 Å². The van der Waals surface area contributed by atoms with Gasteiger partial charge in [0.25, 0.3) is 0 Å². The molecule has 1 heterocycles. The number of rotatable bonds is 4. The second-order valence-electron chi connectivity index (χ2n) is 5.19. The van der Waals surface area contributed by atoms with Crippen LogP contribution in [0.4, 0.5) is 8.78 Å². The lowest BCUT2D eigenvalue weighted by Crippen LogP contribution is -2.37. The predicted octanol–water partition coefficient (Wildman–Crippen LogP) is 3.60. The molecule has 0 N–H and O–H groups in total. The van der Waals surface area contributed by atoms with Gasteiger partial charge in [-0.3, -0.25) is 4.79 Å². The van der Waals surface area contributed by atoms with Crippen LogP contribution in [0.5, 0.6) is 0 Å². The highest BCUT2D eigenvalue weighted by Gasteiger charge is 2.28. The molecule has 20 heavy (non-hydrogen) atoms. The Morgan fingerprint density at radius 2 is 1.80 bits per heavy atom. The molecule has 1 amide bonds. The first-order chi connectivity index (χ1) is 9.58. The summed E-state index contributed by atoms with van der Waals surface area (Å²) in [5.74, 6) is -1.21. The molecule has 1 saturated heterocycles. The zero-order valence-corrected chi connectivity index (χ0v) is 11.4. The average molecular weight is 279 g/mol. The third-order valence-corrected chi connectivity index (χ3v) is 3.75. The number of carbonyl (C=O) groups is 1. The maximum Gasteiger partial charge on any atom is 0.245 e. The Hall–Kier alpha value is -1.71. The minimum atomic E-state index is -2.53. The maximum atomic E-state index is 13.2. The van der Waals surface area contributed by atoms with Crippen molar-refractivity contribution < 1.29 is 13.6 Å². The number of nitrogens with zero attached hydrogens (tertiary/aromatic N) is 1. The molecule has 1 fully saturated rings. The van der Waals surface area contributed by atoms with Crippen molar-refractivity contribution in [3.63, 3.8) is 0 Å². The number of piperidine rings is 1. The smallest absolute Gasteiger partial charge is 0.245 e. The molecule has 108 valence electrons. The Balaban J connectivity index is 2.02. The normalized spacial score (nSPS) is 17.4. The highest BCUT2D eigenvalue weighted by atomic mass is 19.3. The first-order valence-electron chi connectivity index (χ1n) is 6.85. The molecular formula is C16H19F2NO. The SMILES string of the molecule is C=C1CCN(C(=O)CC(c2ccccc2)C(F)F)CC1. The Morgan fingerprint density at radius 1 is 1.20 bits per heavy atom. The van der Waals surface area contributed by atoms with Gasteiger partial charge in [0.15, 0.2) is 0 Å². The number of benzene rings is 1. The van der Waals surface area contributed by atoms with E-state index in [-0.39, 0.29) is 12.3 Å². The zero-order chi connectivity index (χ0) is 14.5. The van der Waals surface area contributed by atoms with Crippen molar-refractivity contribution >= 4 is 5.91 Å². The number of likely N-dealkylation sites (tertiary alicyclic amines) is 1. The van der Waals surface area contributed by atoms with Crippen molar-refractivity contribution in [1.82, 2.24) is 4.90 Å². The third-order valence-electron chi connectivity index (χ3n) is 3.75. The summed E-state index contributed by atoms with van der Waals surface area (Å²) in [6, 6.07) is 8.54. The fourth-order valence-corrected chi connectivity index (χ4v) is 2.44. The highest BCUT2D eigenvalue weighted by molar-refractivity contribution is 5.77.